The Morgan fingerprint density at radius 2 is 1.83 bits per heavy atom. The maximum absolute atomic E-state index is 16.6. The van der Waals surface area contributed by atoms with Crippen molar-refractivity contribution in [3.05, 3.63) is 65.1 Å². The molecule has 244 valence electrons. The molecule has 5 rings (SSSR count). The lowest BCUT2D eigenvalue weighted by molar-refractivity contribution is -0.129. The SMILES string of the molecule is COc1ccc(CN2C(=O)CCN(c3cnc4ccc(C5=CCN(C(=O)OC(C)(C)C)CC5(C)C)c(F)c4c3C)C2=O)c(OC)c1. The molecule has 11 heteroatoms. The van der Waals surface area contributed by atoms with Crippen LogP contribution in [0.2, 0.25) is 0 Å². The number of nitrogens with zero attached hydrogens (tertiary/aromatic N) is 4. The van der Waals surface area contributed by atoms with Gasteiger partial charge in [0.15, 0.2) is 0 Å². The van der Waals surface area contributed by atoms with Gasteiger partial charge < -0.3 is 19.1 Å². The number of hydrogen-bond donors (Lipinski definition) is 0. The lowest BCUT2D eigenvalue weighted by Crippen LogP contribution is -2.52. The summed E-state index contributed by atoms with van der Waals surface area (Å²) in [6.45, 7) is 11.9. The zero-order valence-electron chi connectivity index (χ0n) is 27.7. The van der Waals surface area contributed by atoms with Crippen molar-refractivity contribution < 1.29 is 33.0 Å². The van der Waals surface area contributed by atoms with E-state index < -0.39 is 29.0 Å². The molecule has 3 heterocycles. The molecule has 0 bridgehead atoms. The number of halogens is 1. The Balaban J connectivity index is 1.47. The number of hydrogen-bond acceptors (Lipinski definition) is 7. The number of urea groups is 1. The molecule has 46 heavy (non-hydrogen) atoms. The van der Waals surface area contributed by atoms with Crippen molar-refractivity contribution >= 4 is 40.2 Å². The smallest absolute Gasteiger partial charge is 0.410 e. The number of methoxy groups -OCH3 is 2. The molecule has 0 spiro atoms. The standard InChI is InChI=1S/C35H41FN4O6/c1-21-27(39-16-14-29(41)40(32(39)42)19-22-9-10-23(44-7)17-28(22)45-8)18-37-26-12-11-24(31(36)30(21)26)25-13-15-38(20-35(25,5)6)33(43)46-34(2,3)4/h9-13,17-18H,14-16,19-20H2,1-8H3. The van der Waals surface area contributed by atoms with E-state index in [-0.39, 0.29) is 32.0 Å². The van der Waals surface area contributed by atoms with Crippen LogP contribution in [0.1, 0.15) is 57.7 Å². The van der Waals surface area contributed by atoms with E-state index in [9.17, 15) is 14.4 Å². The summed E-state index contributed by atoms with van der Waals surface area (Å²) >= 11 is 0. The number of benzene rings is 2. The van der Waals surface area contributed by atoms with Crippen molar-refractivity contribution in [1.29, 1.82) is 0 Å². The van der Waals surface area contributed by atoms with Crippen LogP contribution in [0.5, 0.6) is 11.5 Å². The highest BCUT2D eigenvalue weighted by Crippen LogP contribution is 2.42. The summed E-state index contributed by atoms with van der Waals surface area (Å²) in [5.41, 5.74) is 2.05. The van der Waals surface area contributed by atoms with Gasteiger partial charge in [0.05, 0.1) is 38.2 Å². The van der Waals surface area contributed by atoms with Crippen LogP contribution in [0.25, 0.3) is 16.5 Å². The van der Waals surface area contributed by atoms with Gasteiger partial charge in [-0.15, -0.1) is 0 Å². The highest BCUT2D eigenvalue weighted by atomic mass is 19.1. The highest BCUT2D eigenvalue weighted by Gasteiger charge is 2.37. The first-order chi connectivity index (χ1) is 21.6. The van der Waals surface area contributed by atoms with Gasteiger partial charge in [-0.3, -0.25) is 19.6 Å². The van der Waals surface area contributed by atoms with Crippen molar-refractivity contribution in [2.45, 2.75) is 60.1 Å². The Bertz CT molecular complexity index is 1750. The number of pyridine rings is 1. The first-order valence-electron chi connectivity index (χ1n) is 15.2. The minimum Gasteiger partial charge on any atom is -0.497 e. The summed E-state index contributed by atoms with van der Waals surface area (Å²) in [6, 6.07) is 8.16. The topological polar surface area (TPSA) is 102 Å². The molecule has 2 aromatic carbocycles. The van der Waals surface area contributed by atoms with E-state index in [1.54, 1.807) is 55.5 Å². The molecular formula is C35H41FN4O6. The number of carbonyl (C=O) groups excluding carboxylic acids is 3. The number of carbonyl (C=O) groups is 3. The van der Waals surface area contributed by atoms with Crippen molar-refractivity contribution in [3.63, 3.8) is 0 Å². The molecule has 0 N–H and O–H groups in total. The van der Waals surface area contributed by atoms with Crippen LogP contribution in [0.4, 0.5) is 19.7 Å². The summed E-state index contributed by atoms with van der Waals surface area (Å²) in [6.07, 6.45) is 3.11. The number of ether oxygens (including phenoxy) is 3. The molecular weight excluding hydrogens is 591 g/mol. The average Bonchev–Trinajstić information content (AvgIpc) is 2.99. The lowest BCUT2D eigenvalue weighted by atomic mass is 9.77. The number of imide groups is 1. The molecule has 3 aromatic rings. The largest absolute Gasteiger partial charge is 0.497 e. The molecule has 10 nitrogen and oxygen atoms in total. The predicted octanol–water partition coefficient (Wildman–Crippen LogP) is 6.72. The third kappa shape index (κ3) is 6.23. The Kier molecular flexibility index (Phi) is 8.72. The van der Waals surface area contributed by atoms with Gasteiger partial charge in [0.25, 0.3) is 0 Å². The lowest BCUT2D eigenvalue weighted by Gasteiger charge is -2.39. The van der Waals surface area contributed by atoms with Gasteiger partial charge in [-0.25, -0.2) is 14.0 Å². The van der Waals surface area contributed by atoms with E-state index in [0.29, 0.717) is 51.3 Å². The fourth-order valence-corrected chi connectivity index (χ4v) is 6.13. The summed E-state index contributed by atoms with van der Waals surface area (Å²) in [7, 11) is 3.06. The summed E-state index contributed by atoms with van der Waals surface area (Å²) in [5.74, 6) is 0.315. The van der Waals surface area contributed by atoms with Crippen LogP contribution < -0.4 is 14.4 Å². The normalized spacial score (nSPS) is 16.9. The average molecular weight is 633 g/mol. The van der Waals surface area contributed by atoms with Crippen LogP contribution in [-0.2, 0) is 16.1 Å². The number of rotatable bonds is 6. The molecule has 2 aliphatic heterocycles. The highest BCUT2D eigenvalue weighted by molar-refractivity contribution is 6.07. The number of fused-ring (bicyclic) bond motifs is 1. The molecule has 0 atom stereocenters. The molecule has 2 aliphatic rings. The Hall–Kier alpha value is -4.67. The Morgan fingerprint density at radius 3 is 2.48 bits per heavy atom. The van der Waals surface area contributed by atoms with Gasteiger partial charge in [0.2, 0.25) is 5.91 Å². The molecule has 1 saturated heterocycles. The quantitative estimate of drug-likeness (QED) is 0.297. The van der Waals surface area contributed by atoms with Gasteiger partial charge in [-0.1, -0.05) is 19.9 Å². The molecule has 1 aromatic heterocycles. The van der Waals surface area contributed by atoms with Crippen LogP contribution in [0.3, 0.4) is 0 Å². The monoisotopic (exact) mass is 632 g/mol. The fourth-order valence-electron chi connectivity index (χ4n) is 6.13. The van der Waals surface area contributed by atoms with Crippen molar-refractivity contribution in [2.75, 3.05) is 38.8 Å². The zero-order valence-corrected chi connectivity index (χ0v) is 27.7. The second-order valence-electron chi connectivity index (χ2n) is 13.3. The van der Waals surface area contributed by atoms with E-state index in [2.05, 4.69) is 4.98 Å². The fraction of sp³-hybridized carbons (Fsp3) is 0.429. The van der Waals surface area contributed by atoms with E-state index in [1.165, 1.54) is 16.9 Å². The summed E-state index contributed by atoms with van der Waals surface area (Å²) in [5, 5.41) is 0.300. The number of amides is 4. The van der Waals surface area contributed by atoms with E-state index in [4.69, 9.17) is 14.2 Å². The molecule has 1 fully saturated rings. The third-order valence-electron chi connectivity index (χ3n) is 8.40. The second-order valence-corrected chi connectivity index (χ2v) is 13.3. The van der Waals surface area contributed by atoms with E-state index in [0.717, 1.165) is 5.57 Å². The molecule has 0 saturated carbocycles. The minimum absolute atomic E-state index is 0.00342. The predicted molar refractivity (Wildman–Crippen MR) is 173 cm³/mol. The molecule has 0 aliphatic carbocycles. The first-order valence-corrected chi connectivity index (χ1v) is 15.2. The minimum atomic E-state index is -0.624. The van der Waals surface area contributed by atoms with Gasteiger partial charge >= 0.3 is 12.1 Å². The van der Waals surface area contributed by atoms with E-state index >= 15 is 4.39 Å². The maximum atomic E-state index is 16.6. The zero-order chi connectivity index (χ0) is 33.6. The molecule has 0 unspecified atom stereocenters. The van der Waals surface area contributed by atoms with Gasteiger partial charge in [-0.2, -0.15) is 0 Å². The Morgan fingerprint density at radius 1 is 1.09 bits per heavy atom. The van der Waals surface area contributed by atoms with Crippen molar-refractivity contribution in [2.24, 2.45) is 5.41 Å². The second kappa shape index (κ2) is 12.3. The number of aryl methyl sites for hydroxylation is 1. The number of aromatic nitrogens is 1. The maximum Gasteiger partial charge on any atom is 0.410 e. The van der Waals surface area contributed by atoms with Gasteiger partial charge in [-0.05, 0) is 63.1 Å². The summed E-state index contributed by atoms with van der Waals surface area (Å²) in [4.78, 5) is 48.3. The summed E-state index contributed by atoms with van der Waals surface area (Å²) < 4.78 is 32.9. The van der Waals surface area contributed by atoms with Crippen molar-refractivity contribution in [3.8, 4) is 11.5 Å². The van der Waals surface area contributed by atoms with Crippen LogP contribution in [-0.4, -0.2) is 72.3 Å². The van der Waals surface area contributed by atoms with Crippen LogP contribution >= 0.6 is 0 Å². The van der Waals surface area contributed by atoms with Gasteiger partial charge in [0.1, 0.15) is 22.9 Å². The first kappa shape index (κ1) is 32.7. The molecule has 0 radical (unpaired) electrons. The van der Waals surface area contributed by atoms with Crippen LogP contribution in [0.15, 0.2) is 42.6 Å². The number of anilines is 1. The van der Waals surface area contributed by atoms with Crippen LogP contribution in [0, 0.1) is 18.2 Å². The third-order valence-corrected chi connectivity index (χ3v) is 8.40. The van der Waals surface area contributed by atoms with Gasteiger partial charge in [0, 0.05) is 54.0 Å². The molecule has 4 amide bonds. The van der Waals surface area contributed by atoms with Crippen molar-refractivity contribution in [1.82, 2.24) is 14.8 Å². The van der Waals surface area contributed by atoms with E-state index in [1.807, 2.05) is 40.7 Å². The Labute approximate surface area is 268 Å².